The Hall–Kier alpha value is -6.57. The Bertz CT molecular complexity index is 2730. The standard InChI is InChI=1S/C45H30N4/c1-28-43(47-37-21-9-3-15-30(37)31-16-4-10-22-38(31)47)29(2)45(49-41-25-13-7-19-34(41)35-20-8-14-26-42(35)49)36(27-46)44(28)48-39-23-11-5-17-32(39)33-18-6-12-24-40(33)48/h3-26H,1-2H3. The number of para-hydroxylation sites is 6. The summed E-state index contributed by atoms with van der Waals surface area (Å²) in [6, 6.07) is 54.3. The van der Waals surface area contributed by atoms with Crippen LogP contribution in [0.1, 0.15) is 16.7 Å². The largest absolute Gasteiger partial charge is 0.309 e. The van der Waals surface area contributed by atoms with Gasteiger partial charge in [-0.1, -0.05) is 109 Å². The van der Waals surface area contributed by atoms with Crippen LogP contribution in [0.15, 0.2) is 146 Å². The smallest absolute Gasteiger partial charge is 0.104 e. The average molecular weight is 627 g/mol. The molecule has 0 aliphatic rings. The van der Waals surface area contributed by atoms with Crippen molar-refractivity contribution >= 4 is 65.4 Å². The molecule has 0 saturated heterocycles. The van der Waals surface area contributed by atoms with Gasteiger partial charge in [0.25, 0.3) is 0 Å². The van der Waals surface area contributed by atoms with Crippen LogP contribution in [0.4, 0.5) is 0 Å². The fourth-order valence-corrected chi connectivity index (χ4v) is 8.48. The van der Waals surface area contributed by atoms with Gasteiger partial charge in [-0.2, -0.15) is 5.26 Å². The number of benzene rings is 7. The molecular weight excluding hydrogens is 597 g/mol. The number of hydrogen-bond donors (Lipinski definition) is 0. The lowest BCUT2D eigenvalue weighted by atomic mass is 9.97. The molecule has 0 atom stereocenters. The van der Waals surface area contributed by atoms with E-state index in [1.54, 1.807) is 0 Å². The van der Waals surface area contributed by atoms with Gasteiger partial charge in [0.05, 0.1) is 50.2 Å². The summed E-state index contributed by atoms with van der Waals surface area (Å²) in [4.78, 5) is 0. The summed E-state index contributed by atoms with van der Waals surface area (Å²) in [6.07, 6.45) is 0. The first-order valence-corrected chi connectivity index (χ1v) is 16.7. The van der Waals surface area contributed by atoms with Crippen LogP contribution in [0.5, 0.6) is 0 Å². The van der Waals surface area contributed by atoms with Crippen molar-refractivity contribution in [2.45, 2.75) is 13.8 Å². The fourth-order valence-electron chi connectivity index (χ4n) is 8.48. The molecule has 4 nitrogen and oxygen atoms in total. The van der Waals surface area contributed by atoms with Crippen molar-refractivity contribution in [2.24, 2.45) is 0 Å². The van der Waals surface area contributed by atoms with Crippen molar-refractivity contribution in [3.8, 4) is 23.1 Å². The van der Waals surface area contributed by atoms with Crippen molar-refractivity contribution in [3.05, 3.63) is 162 Å². The molecule has 0 aliphatic carbocycles. The van der Waals surface area contributed by atoms with Gasteiger partial charge in [0.2, 0.25) is 0 Å². The average Bonchev–Trinajstić information content (AvgIpc) is 3.78. The second-order valence-corrected chi connectivity index (χ2v) is 12.9. The third-order valence-electron chi connectivity index (χ3n) is 10.4. The molecule has 0 spiro atoms. The second-order valence-electron chi connectivity index (χ2n) is 12.9. The van der Waals surface area contributed by atoms with Crippen LogP contribution in [0.25, 0.3) is 82.5 Å². The minimum absolute atomic E-state index is 0.650. The number of rotatable bonds is 3. The fraction of sp³-hybridized carbons (Fsp3) is 0.0444. The Balaban J connectivity index is 1.49. The zero-order chi connectivity index (χ0) is 32.8. The highest BCUT2D eigenvalue weighted by molar-refractivity contribution is 6.13. The van der Waals surface area contributed by atoms with Crippen LogP contribution in [-0.4, -0.2) is 13.7 Å². The number of nitriles is 1. The molecular formula is C45H30N4. The Labute approximate surface area is 282 Å². The first-order chi connectivity index (χ1) is 24.2. The molecule has 0 amide bonds. The number of aromatic nitrogens is 3. The molecule has 0 N–H and O–H groups in total. The minimum atomic E-state index is 0.650. The molecule has 0 aliphatic heterocycles. The maximum absolute atomic E-state index is 11.4. The Morgan fingerprint density at radius 2 is 0.571 bits per heavy atom. The van der Waals surface area contributed by atoms with Gasteiger partial charge in [-0.3, -0.25) is 0 Å². The van der Waals surface area contributed by atoms with Gasteiger partial charge < -0.3 is 13.7 Å². The van der Waals surface area contributed by atoms with Crippen LogP contribution in [0.2, 0.25) is 0 Å². The minimum Gasteiger partial charge on any atom is -0.309 e. The lowest BCUT2D eigenvalue weighted by molar-refractivity contribution is 1.03. The van der Waals surface area contributed by atoms with E-state index in [1.165, 1.54) is 32.3 Å². The van der Waals surface area contributed by atoms with E-state index in [0.29, 0.717) is 5.56 Å². The molecule has 0 radical (unpaired) electrons. The molecule has 0 saturated carbocycles. The molecule has 10 rings (SSSR count). The molecule has 10 aromatic rings. The van der Waals surface area contributed by atoms with Crippen molar-refractivity contribution in [1.82, 2.24) is 13.7 Å². The third kappa shape index (κ3) is 3.62. The van der Waals surface area contributed by atoms with Crippen LogP contribution in [-0.2, 0) is 0 Å². The number of fused-ring (bicyclic) bond motifs is 9. The predicted molar refractivity (Wildman–Crippen MR) is 204 cm³/mol. The number of nitrogens with zero attached hydrogens (tertiary/aromatic N) is 4. The molecule has 0 fully saturated rings. The second kappa shape index (κ2) is 10.2. The van der Waals surface area contributed by atoms with Crippen molar-refractivity contribution in [2.75, 3.05) is 0 Å². The summed E-state index contributed by atoms with van der Waals surface area (Å²) in [5, 5.41) is 18.5. The molecule has 3 heterocycles. The first kappa shape index (κ1) is 27.5. The molecule has 4 heteroatoms. The summed E-state index contributed by atoms with van der Waals surface area (Å²) < 4.78 is 7.07. The quantitative estimate of drug-likeness (QED) is 0.192. The molecule has 0 bridgehead atoms. The topological polar surface area (TPSA) is 38.6 Å². The normalized spacial score (nSPS) is 11.9. The summed E-state index contributed by atoms with van der Waals surface area (Å²) in [5.74, 6) is 0. The summed E-state index contributed by atoms with van der Waals surface area (Å²) >= 11 is 0. The molecule has 3 aromatic heterocycles. The van der Waals surface area contributed by atoms with Crippen LogP contribution in [0, 0.1) is 25.2 Å². The lowest BCUT2D eigenvalue weighted by Gasteiger charge is -2.25. The van der Waals surface area contributed by atoms with Crippen LogP contribution < -0.4 is 0 Å². The van der Waals surface area contributed by atoms with Crippen LogP contribution in [0.3, 0.4) is 0 Å². The number of hydrogen-bond acceptors (Lipinski definition) is 1. The summed E-state index contributed by atoms with van der Waals surface area (Å²) in [6.45, 7) is 4.39. The Morgan fingerprint density at radius 1 is 0.347 bits per heavy atom. The van der Waals surface area contributed by atoms with E-state index in [4.69, 9.17) is 0 Å². The van der Waals surface area contributed by atoms with E-state index < -0.39 is 0 Å². The molecule has 230 valence electrons. The molecule has 0 unspecified atom stereocenters. The molecule has 7 aromatic carbocycles. The van der Waals surface area contributed by atoms with E-state index in [1.807, 2.05) is 0 Å². The maximum atomic E-state index is 11.4. The maximum Gasteiger partial charge on any atom is 0.104 e. The van der Waals surface area contributed by atoms with Crippen LogP contribution >= 0.6 is 0 Å². The van der Waals surface area contributed by atoms with Gasteiger partial charge in [0.15, 0.2) is 0 Å². The molecule has 49 heavy (non-hydrogen) atoms. The van der Waals surface area contributed by atoms with Gasteiger partial charge in [-0.05, 0) is 61.4 Å². The van der Waals surface area contributed by atoms with Crippen molar-refractivity contribution in [3.63, 3.8) is 0 Å². The van der Waals surface area contributed by atoms with Gasteiger partial charge in [-0.25, -0.2) is 0 Å². The highest BCUT2D eigenvalue weighted by Crippen LogP contribution is 2.44. The predicted octanol–water partition coefficient (Wildman–Crippen LogP) is 11.5. The highest BCUT2D eigenvalue weighted by atomic mass is 15.1. The monoisotopic (exact) mass is 626 g/mol. The SMILES string of the molecule is Cc1c(-n2c3ccccc3c3ccccc32)c(C)c(-n2c3ccccc3c3ccccc32)c(C#N)c1-n1c2ccccc2c2ccccc21. The van der Waals surface area contributed by atoms with E-state index in [0.717, 1.165) is 61.3 Å². The Kier molecular flexibility index (Phi) is 5.74. The van der Waals surface area contributed by atoms with E-state index in [2.05, 4.69) is 179 Å². The van der Waals surface area contributed by atoms with Gasteiger partial charge in [-0.15, -0.1) is 0 Å². The van der Waals surface area contributed by atoms with Gasteiger partial charge in [0, 0.05) is 32.3 Å². The summed E-state index contributed by atoms with van der Waals surface area (Å²) in [7, 11) is 0. The highest BCUT2D eigenvalue weighted by Gasteiger charge is 2.28. The first-order valence-electron chi connectivity index (χ1n) is 16.7. The van der Waals surface area contributed by atoms with E-state index >= 15 is 0 Å². The third-order valence-corrected chi connectivity index (χ3v) is 10.4. The van der Waals surface area contributed by atoms with Crippen molar-refractivity contribution in [1.29, 1.82) is 5.26 Å². The van der Waals surface area contributed by atoms with E-state index in [9.17, 15) is 5.26 Å². The Morgan fingerprint density at radius 3 is 0.816 bits per heavy atom. The zero-order valence-corrected chi connectivity index (χ0v) is 27.1. The zero-order valence-electron chi connectivity index (χ0n) is 27.1. The summed E-state index contributed by atoms with van der Waals surface area (Å²) in [5.41, 5.74) is 12.2. The van der Waals surface area contributed by atoms with Crippen molar-refractivity contribution < 1.29 is 0 Å². The lowest BCUT2D eigenvalue weighted by Crippen LogP contribution is -2.13. The van der Waals surface area contributed by atoms with E-state index in [-0.39, 0.29) is 0 Å². The van der Waals surface area contributed by atoms with Gasteiger partial charge in [0.1, 0.15) is 11.6 Å². The van der Waals surface area contributed by atoms with Gasteiger partial charge >= 0.3 is 0 Å².